The molecule has 10 heteroatoms. The van der Waals surface area contributed by atoms with Crippen LogP contribution in [-0.4, -0.2) is 62.9 Å². The smallest absolute Gasteiger partial charge is 0.264 e. The van der Waals surface area contributed by atoms with E-state index in [9.17, 15) is 19.5 Å². The molecule has 0 unspecified atom stereocenters. The zero-order valence-electron chi connectivity index (χ0n) is 24.9. The first-order valence-corrected chi connectivity index (χ1v) is 17.5. The molecule has 3 aromatic rings. The van der Waals surface area contributed by atoms with Crippen LogP contribution in [0.2, 0.25) is 18.6 Å². The number of ether oxygens (including phenoxy) is 1. The Morgan fingerprint density at radius 1 is 1.07 bits per heavy atom. The van der Waals surface area contributed by atoms with Crippen LogP contribution < -0.4 is 9.80 Å². The van der Waals surface area contributed by atoms with E-state index in [1.807, 2.05) is 67.6 Å². The highest BCUT2D eigenvalue weighted by molar-refractivity contribution is 6.72. The third-order valence-corrected chi connectivity index (χ3v) is 11.3. The van der Waals surface area contributed by atoms with Gasteiger partial charge in [-0.05, 0) is 49.0 Å². The number of amides is 3. The van der Waals surface area contributed by atoms with Crippen molar-refractivity contribution in [1.82, 2.24) is 4.90 Å². The van der Waals surface area contributed by atoms with Crippen LogP contribution in [0.5, 0.6) is 0 Å². The van der Waals surface area contributed by atoms with Gasteiger partial charge in [0.05, 0.1) is 24.8 Å². The van der Waals surface area contributed by atoms with Crippen molar-refractivity contribution in [2.24, 2.45) is 5.92 Å². The van der Waals surface area contributed by atoms with E-state index in [0.29, 0.717) is 35.6 Å². The minimum absolute atomic E-state index is 0.122. The second kappa shape index (κ2) is 12.0. The number of para-hydroxylation sites is 1. The van der Waals surface area contributed by atoms with Gasteiger partial charge in [0, 0.05) is 48.5 Å². The van der Waals surface area contributed by atoms with Crippen molar-refractivity contribution in [2.45, 2.75) is 50.2 Å². The first-order chi connectivity index (χ1) is 20.5. The minimum atomic E-state index is -3.49. The third kappa shape index (κ3) is 5.50. The molecule has 0 radical (unpaired) electrons. The number of halogens is 1. The van der Waals surface area contributed by atoms with Crippen molar-refractivity contribution in [3.63, 3.8) is 0 Å². The highest BCUT2D eigenvalue weighted by Crippen LogP contribution is 2.60. The van der Waals surface area contributed by atoms with Gasteiger partial charge in [0.15, 0.2) is 5.60 Å². The standard InChI is InChI=1S/C33H38FN3O5Si/c1-23-31(43(3,4)34)29(20-30(40)36(17-18-38)21-24-11-7-5-8-12-24)42-33(23)27-19-26(15-16-28(27)35(2)32(33)41)37(22-39)25-13-9-6-10-14-25/h5-16,19,22-23,29,31,38H,17-18,20-21H2,1-4H3/t23-,29+,31-,33+/m0/s1. The van der Waals surface area contributed by atoms with Gasteiger partial charge < -0.3 is 23.8 Å². The van der Waals surface area contributed by atoms with Crippen LogP contribution in [-0.2, 0) is 31.3 Å². The highest BCUT2D eigenvalue weighted by atomic mass is 28.4. The number of hydrogen-bond donors (Lipinski definition) is 1. The molecule has 2 aliphatic heterocycles. The molecule has 0 bridgehead atoms. The van der Waals surface area contributed by atoms with Crippen LogP contribution in [0.3, 0.4) is 0 Å². The van der Waals surface area contributed by atoms with E-state index in [-0.39, 0.29) is 31.4 Å². The maximum Gasteiger partial charge on any atom is 0.264 e. The monoisotopic (exact) mass is 603 g/mol. The molecule has 0 aromatic heterocycles. The summed E-state index contributed by atoms with van der Waals surface area (Å²) in [6.07, 6.45) is -0.261. The van der Waals surface area contributed by atoms with Gasteiger partial charge in [-0.3, -0.25) is 19.3 Å². The van der Waals surface area contributed by atoms with E-state index in [4.69, 9.17) is 4.74 Å². The fourth-order valence-electron chi connectivity index (χ4n) is 6.87. The lowest BCUT2D eigenvalue weighted by atomic mass is 9.82. The van der Waals surface area contributed by atoms with Gasteiger partial charge in [-0.2, -0.15) is 0 Å². The van der Waals surface area contributed by atoms with Crippen molar-refractivity contribution >= 4 is 43.7 Å². The van der Waals surface area contributed by atoms with E-state index in [2.05, 4.69) is 0 Å². The number of aliphatic hydroxyl groups excluding tert-OH is 1. The Morgan fingerprint density at radius 3 is 2.33 bits per heavy atom. The van der Waals surface area contributed by atoms with Crippen molar-refractivity contribution in [2.75, 3.05) is 30.0 Å². The Labute approximate surface area is 252 Å². The van der Waals surface area contributed by atoms with Gasteiger partial charge in [0.2, 0.25) is 20.7 Å². The van der Waals surface area contributed by atoms with Crippen LogP contribution >= 0.6 is 0 Å². The highest BCUT2D eigenvalue weighted by Gasteiger charge is 2.66. The SMILES string of the molecule is C[C@H]1[C@H]([Si](C)(C)F)[C@@H](CC(=O)N(CCO)Cc2ccccc2)O[C@]12C(=O)N(C)c1ccc(N(C=O)c3ccccc3)cc12. The molecule has 3 amide bonds. The quantitative estimate of drug-likeness (QED) is 0.197. The summed E-state index contributed by atoms with van der Waals surface area (Å²) in [5.74, 6) is -1.18. The maximum atomic E-state index is 16.2. The van der Waals surface area contributed by atoms with E-state index in [0.717, 1.165) is 5.56 Å². The number of fused-ring (bicyclic) bond motifs is 2. The van der Waals surface area contributed by atoms with E-state index in [1.165, 1.54) is 9.80 Å². The topological polar surface area (TPSA) is 90.4 Å². The summed E-state index contributed by atoms with van der Waals surface area (Å²) in [4.78, 5) is 44.6. The summed E-state index contributed by atoms with van der Waals surface area (Å²) in [6.45, 7) is 5.22. The average Bonchev–Trinajstić information content (AvgIpc) is 3.40. The van der Waals surface area contributed by atoms with Gasteiger partial charge in [-0.15, -0.1) is 0 Å². The Morgan fingerprint density at radius 2 is 1.72 bits per heavy atom. The summed E-state index contributed by atoms with van der Waals surface area (Å²) >= 11 is 0. The second-order valence-corrected chi connectivity index (χ2v) is 15.7. The van der Waals surface area contributed by atoms with Crippen LogP contribution in [0.25, 0.3) is 0 Å². The minimum Gasteiger partial charge on any atom is -0.395 e. The van der Waals surface area contributed by atoms with Gasteiger partial charge in [-0.1, -0.05) is 55.5 Å². The van der Waals surface area contributed by atoms with E-state index >= 15 is 4.11 Å². The molecule has 226 valence electrons. The fourth-order valence-corrected chi connectivity index (χ4v) is 9.36. The molecule has 0 saturated carbocycles. The van der Waals surface area contributed by atoms with E-state index in [1.54, 1.807) is 43.2 Å². The van der Waals surface area contributed by atoms with Crippen LogP contribution in [0.1, 0.15) is 24.5 Å². The molecule has 0 aliphatic carbocycles. The molecule has 5 rings (SSSR count). The molecule has 2 aliphatic rings. The maximum absolute atomic E-state index is 16.2. The predicted molar refractivity (Wildman–Crippen MR) is 166 cm³/mol. The Kier molecular flexibility index (Phi) is 8.55. The number of rotatable bonds is 10. The summed E-state index contributed by atoms with van der Waals surface area (Å²) in [5.41, 5.74) is 1.11. The first-order valence-electron chi connectivity index (χ1n) is 14.5. The van der Waals surface area contributed by atoms with Crippen molar-refractivity contribution in [3.8, 4) is 0 Å². The number of likely N-dealkylation sites (N-methyl/N-ethyl adjacent to an activating group) is 1. The zero-order chi connectivity index (χ0) is 30.9. The summed E-state index contributed by atoms with van der Waals surface area (Å²) in [7, 11) is -1.83. The van der Waals surface area contributed by atoms with Crippen LogP contribution in [0, 0.1) is 5.92 Å². The number of aliphatic hydroxyl groups is 1. The Bertz CT molecular complexity index is 1480. The van der Waals surface area contributed by atoms with Crippen LogP contribution in [0.15, 0.2) is 78.9 Å². The molecule has 1 saturated heterocycles. The lowest BCUT2D eigenvalue weighted by Crippen LogP contribution is -2.44. The molecule has 8 nitrogen and oxygen atoms in total. The molecule has 43 heavy (non-hydrogen) atoms. The average molecular weight is 604 g/mol. The third-order valence-electron chi connectivity index (χ3n) is 8.81. The fraction of sp³-hybridized carbons (Fsp3) is 0.364. The van der Waals surface area contributed by atoms with Crippen LogP contribution in [0.4, 0.5) is 21.2 Å². The number of nitrogens with zero attached hydrogens (tertiary/aromatic N) is 3. The van der Waals surface area contributed by atoms with Crippen molar-refractivity contribution < 1.29 is 28.3 Å². The first kappa shape index (κ1) is 30.6. The molecular weight excluding hydrogens is 565 g/mol. The van der Waals surface area contributed by atoms with Gasteiger partial charge in [-0.25, -0.2) is 0 Å². The number of carbonyl (C=O) groups is 3. The number of carbonyl (C=O) groups excluding carboxylic acids is 3. The summed E-state index contributed by atoms with van der Waals surface area (Å²) in [6, 6.07) is 23.9. The lowest BCUT2D eigenvalue weighted by Gasteiger charge is -2.31. The van der Waals surface area contributed by atoms with Gasteiger partial charge in [0.1, 0.15) is 0 Å². The van der Waals surface area contributed by atoms with Gasteiger partial charge in [0.25, 0.3) is 5.91 Å². The Hall–Kier alpha value is -3.86. The molecule has 1 N–H and O–H groups in total. The summed E-state index contributed by atoms with van der Waals surface area (Å²) < 4.78 is 22.9. The second-order valence-electron chi connectivity index (χ2n) is 11.9. The van der Waals surface area contributed by atoms with Gasteiger partial charge >= 0.3 is 0 Å². The van der Waals surface area contributed by atoms with E-state index < -0.39 is 31.6 Å². The molecule has 1 spiro atoms. The zero-order valence-corrected chi connectivity index (χ0v) is 25.9. The molecular formula is C33H38FN3O5Si. The molecule has 4 atom stereocenters. The number of anilines is 3. The molecule has 1 fully saturated rings. The largest absolute Gasteiger partial charge is 0.395 e. The molecule has 2 heterocycles. The Balaban J connectivity index is 1.53. The predicted octanol–water partition coefficient (Wildman–Crippen LogP) is 5.14. The van der Waals surface area contributed by atoms with Crippen molar-refractivity contribution in [1.29, 1.82) is 0 Å². The summed E-state index contributed by atoms with van der Waals surface area (Å²) in [5, 5.41) is 9.70. The normalized spacial score (nSPS) is 23.0. The molecule has 3 aromatic carbocycles. The number of hydrogen-bond acceptors (Lipinski definition) is 5. The number of benzene rings is 3. The van der Waals surface area contributed by atoms with Crippen molar-refractivity contribution in [3.05, 3.63) is 90.0 Å². The lowest BCUT2D eigenvalue weighted by molar-refractivity contribution is -0.149.